The van der Waals surface area contributed by atoms with E-state index < -0.39 is 13.0 Å². The van der Waals surface area contributed by atoms with E-state index >= 15 is 0 Å². The Morgan fingerprint density at radius 2 is 1.96 bits per heavy atom. The number of rotatable bonds is 2. The smallest absolute Gasteiger partial charge is 0.372 e. The van der Waals surface area contributed by atoms with E-state index in [9.17, 15) is 8.96 Å². The highest BCUT2D eigenvalue weighted by Gasteiger charge is 2.38. The molecule has 27 heavy (non-hydrogen) atoms. The number of allylic oxidation sites excluding steroid dienone is 3. The molecule has 0 spiro atoms. The number of aryl methyl sites for hydroxylation is 1. The zero-order chi connectivity index (χ0) is 19.2. The summed E-state index contributed by atoms with van der Waals surface area (Å²) in [7, 11) is -2.58. The van der Waals surface area contributed by atoms with Crippen LogP contribution < -0.4 is 4.67 Å². The fourth-order valence-corrected chi connectivity index (χ4v) is 5.50. The summed E-state index contributed by atoms with van der Waals surface area (Å²) in [5.41, 5.74) is 1.98. The van der Waals surface area contributed by atoms with Gasteiger partial charge in [0.25, 0.3) is 0 Å². The van der Waals surface area contributed by atoms with Crippen LogP contribution in [0.1, 0.15) is 11.4 Å². The lowest BCUT2D eigenvalue weighted by molar-refractivity contribution is 0.156. The molecule has 2 aliphatic rings. The molecule has 0 unspecified atom stereocenters. The van der Waals surface area contributed by atoms with Crippen molar-refractivity contribution in [2.45, 2.75) is 6.92 Å². The standard InChI is InChI=1S/C18H14Cl2FN3O2P/c1-10-15(19)16(20)18-13(23-10)8-12(21)17(24-18)11-2-3-14(22-9-11)27(25)6-4-26-5-7-27/h2-3,8H,4-7H2,1H3/q+1. The SMILES string of the molecule is Cc1nc2cc(F)c(C3=C=[N+]=C(P4(=O)CCOCC4)C=C3)nc2c(Cl)c1Cl. The van der Waals surface area contributed by atoms with Crippen molar-refractivity contribution < 1.29 is 13.7 Å². The third-order valence-corrected chi connectivity index (χ3v) is 8.34. The van der Waals surface area contributed by atoms with Crippen LogP contribution in [-0.4, -0.2) is 46.8 Å². The minimum atomic E-state index is -2.58. The molecule has 0 radical (unpaired) electrons. The van der Waals surface area contributed by atoms with Gasteiger partial charge in [0.2, 0.25) is 7.14 Å². The van der Waals surface area contributed by atoms with E-state index in [1.54, 1.807) is 19.1 Å². The minimum absolute atomic E-state index is 0.0374. The first kappa shape index (κ1) is 18.6. The van der Waals surface area contributed by atoms with Gasteiger partial charge in [0.15, 0.2) is 5.82 Å². The molecule has 1 fully saturated rings. The van der Waals surface area contributed by atoms with Crippen LogP contribution in [-0.2, 0) is 9.30 Å². The summed E-state index contributed by atoms with van der Waals surface area (Å²) in [4.78, 5) is 8.51. The Morgan fingerprint density at radius 1 is 1.22 bits per heavy atom. The lowest BCUT2D eigenvalue weighted by Gasteiger charge is -2.17. The van der Waals surface area contributed by atoms with Crippen LogP contribution in [0.15, 0.2) is 18.2 Å². The number of aromatic nitrogens is 2. The molecule has 0 aliphatic carbocycles. The van der Waals surface area contributed by atoms with Crippen LogP contribution in [0, 0.1) is 12.7 Å². The fraction of sp³-hybridized carbons (Fsp3) is 0.278. The fourth-order valence-electron chi connectivity index (χ4n) is 2.98. The van der Waals surface area contributed by atoms with Crippen molar-refractivity contribution in [2.24, 2.45) is 0 Å². The van der Waals surface area contributed by atoms with E-state index in [-0.39, 0.29) is 15.7 Å². The summed E-state index contributed by atoms with van der Waals surface area (Å²) in [6, 6.07) is 1.26. The van der Waals surface area contributed by atoms with Crippen molar-refractivity contribution in [1.29, 1.82) is 0 Å². The Bertz CT molecular complexity index is 1160. The number of ether oxygens (including phenoxy) is 1. The van der Waals surface area contributed by atoms with Crippen molar-refractivity contribution in [1.82, 2.24) is 14.6 Å². The van der Waals surface area contributed by atoms with Crippen LogP contribution in [0.5, 0.6) is 0 Å². The van der Waals surface area contributed by atoms with Gasteiger partial charge in [-0.25, -0.2) is 14.4 Å². The third-order valence-electron chi connectivity index (χ3n) is 4.52. The maximum absolute atomic E-state index is 14.6. The van der Waals surface area contributed by atoms with Gasteiger partial charge >= 0.3 is 11.3 Å². The number of halogens is 3. The quantitative estimate of drug-likeness (QED) is 0.542. The van der Waals surface area contributed by atoms with Crippen molar-refractivity contribution in [3.05, 3.63) is 45.5 Å². The molecule has 4 rings (SSSR count). The summed E-state index contributed by atoms with van der Waals surface area (Å²) in [6.07, 6.45) is 4.17. The largest absolute Gasteiger partial charge is 0.380 e. The second-order valence-corrected chi connectivity index (χ2v) is 10.2. The van der Waals surface area contributed by atoms with E-state index in [1.165, 1.54) is 6.07 Å². The molecule has 1 saturated heterocycles. The van der Waals surface area contributed by atoms with E-state index in [4.69, 9.17) is 27.9 Å². The number of fused-ring (bicyclic) bond motifs is 1. The highest BCUT2D eigenvalue weighted by atomic mass is 35.5. The Labute approximate surface area is 164 Å². The average molecular weight is 425 g/mol. The Morgan fingerprint density at radius 3 is 2.63 bits per heavy atom. The van der Waals surface area contributed by atoms with Crippen molar-refractivity contribution in [3.8, 4) is 0 Å². The van der Waals surface area contributed by atoms with Crippen LogP contribution in [0.3, 0.4) is 0 Å². The van der Waals surface area contributed by atoms with Gasteiger partial charge in [0.1, 0.15) is 16.8 Å². The molecule has 138 valence electrons. The summed E-state index contributed by atoms with van der Waals surface area (Å²) in [5, 5.41) is 0.501. The summed E-state index contributed by atoms with van der Waals surface area (Å²) < 4.78 is 37.0. The lowest BCUT2D eigenvalue weighted by Crippen LogP contribution is -2.20. The van der Waals surface area contributed by atoms with Gasteiger partial charge in [-0.05, 0) is 17.7 Å². The molecule has 2 aliphatic heterocycles. The highest BCUT2D eigenvalue weighted by molar-refractivity contribution is 7.81. The monoisotopic (exact) mass is 424 g/mol. The second kappa shape index (κ2) is 7.00. The topological polar surface area (TPSA) is 66.2 Å². The molecular formula is C18H14Cl2FN3O2P+. The van der Waals surface area contributed by atoms with Gasteiger partial charge in [-0.3, -0.25) is 0 Å². The van der Waals surface area contributed by atoms with Crippen LogP contribution >= 0.6 is 30.3 Å². The first-order chi connectivity index (χ1) is 12.9. The Kier molecular flexibility index (Phi) is 4.82. The minimum Gasteiger partial charge on any atom is -0.380 e. The Hall–Kier alpha value is -1.77. The molecule has 0 bridgehead atoms. The molecule has 0 N–H and O–H groups in total. The molecule has 2 aromatic heterocycles. The molecule has 0 saturated carbocycles. The lowest BCUT2D eigenvalue weighted by atomic mass is 10.1. The molecule has 9 heteroatoms. The summed E-state index contributed by atoms with van der Waals surface area (Å²) in [6.45, 7) is 2.59. The zero-order valence-electron chi connectivity index (χ0n) is 14.3. The van der Waals surface area contributed by atoms with Crippen molar-refractivity contribution in [3.63, 3.8) is 0 Å². The highest BCUT2D eigenvalue weighted by Crippen LogP contribution is 2.48. The number of hydrogen-bond acceptors (Lipinski definition) is 4. The maximum Gasteiger partial charge on any atom is 0.372 e. The molecule has 0 amide bonds. The third kappa shape index (κ3) is 3.30. The second-order valence-electron chi connectivity index (χ2n) is 6.29. The molecule has 5 nitrogen and oxygen atoms in total. The predicted octanol–water partition coefficient (Wildman–Crippen LogP) is 3.87. The number of pyridine rings is 2. The summed E-state index contributed by atoms with van der Waals surface area (Å²) in [5.74, 6) is 2.19. The van der Waals surface area contributed by atoms with Crippen LogP contribution in [0.4, 0.5) is 4.39 Å². The number of nitrogens with zero attached hydrogens (tertiary/aromatic N) is 3. The van der Waals surface area contributed by atoms with Gasteiger partial charge in [-0.15, -0.1) is 0 Å². The first-order valence-electron chi connectivity index (χ1n) is 8.26. The van der Waals surface area contributed by atoms with Crippen LogP contribution in [0.25, 0.3) is 16.6 Å². The first-order valence-corrected chi connectivity index (χ1v) is 11.1. The predicted molar refractivity (Wildman–Crippen MR) is 107 cm³/mol. The Balaban J connectivity index is 1.86. The molecule has 2 aromatic rings. The summed E-state index contributed by atoms with van der Waals surface area (Å²) >= 11 is 12.4. The van der Waals surface area contributed by atoms with Gasteiger partial charge in [-0.2, -0.15) is 0 Å². The molecule has 0 atom stereocenters. The normalized spacial score (nSPS) is 18.5. The van der Waals surface area contributed by atoms with Crippen molar-refractivity contribution >= 4 is 58.3 Å². The van der Waals surface area contributed by atoms with Gasteiger partial charge in [0, 0.05) is 24.5 Å². The van der Waals surface area contributed by atoms with Gasteiger partial charge in [-0.1, -0.05) is 23.2 Å². The molecule has 4 heterocycles. The molecular weight excluding hydrogens is 411 g/mol. The number of hydrogen-bond donors (Lipinski definition) is 0. The van der Waals surface area contributed by atoms with E-state index in [0.717, 1.165) is 0 Å². The molecule has 0 aromatic carbocycles. The van der Waals surface area contributed by atoms with Crippen molar-refractivity contribution in [2.75, 3.05) is 25.5 Å². The van der Waals surface area contributed by atoms with E-state index in [1.807, 2.05) is 0 Å². The average Bonchev–Trinajstić information content (AvgIpc) is 2.67. The maximum atomic E-state index is 14.6. The van der Waals surface area contributed by atoms with Gasteiger partial charge in [0.05, 0.1) is 34.5 Å². The van der Waals surface area contributed by atoms with Gasteiger partial charge < -0.3 is 9.30 Å². The zero-order valence-corrected chi connectivity index (χ0v) is 16.7. The van der Waals surface area contributed by atoms with E-state index in [0.29, 0.717) is 53.3 Å². The van der Waals surface area contributed by atoms with E-state index in [2.05, 4.69) is 20.5 Å². The van der Waals surface area contributed by atoms with Crippen LogP contribution in [0.2, 0.25) is 10.0 Å².